The Balaban J connectivity index is 1.59. The quantitative estimate of drug-likeness (QED) is 0.906. The van der Waals surface area contributed by atoms with Crippen molar-refractivity contribution in [2.24, 2.45) is 11.8 Å². The second-order valence-corrected chi connectivity index (χ2v) is 6.83. The highest BCUT2D eigenvalue weighted by Crippen LogP contribution is 2.30. The normalized spacial score (nSPS) is 33.7. The molecule has 3 atom stereocenters. The van der Waals surface area contributed by atoms with Crippen molar-refractivity contribution in [3.05, 3.63) is 35.4 Å². The Kier molecular flexibility index (Phi) is 4.42. The van der Waals surface area contributed by atoms with Crippen molar-refractivity contribution in [2.75, 3.05) is 13.2 Å². The van der Waals surface area contributed by atoms with Gasteiger partial charge in [0, 0.05) is 12.6 Å². The molecule has 2 aliphatic rings. The lowest BCUT2D eigenvalue weighted by Gasteiger charge is -2.34. The van der Waals surface area contributed by atoms with Gasteiger partial charge in [0.05, 0.1) is 12.7 Å². The van der Waals surface area contributed by atoms with Crippen LogP contribution >= 0.6 is 0 Å². The van der Waals surface area contributed by atoms with Gasteiger partial charge in [0.15, 0.2) is 0 Å². The van der Waals surface area contributed by atoms with Crippen LogP contribution in [0.5, 0.6) is 0 Å². The fourth-order valence-corrected chi connectivity index (χ4v) is 4.03. The molecule has 1 aliphatic carbocycles. The molecule has 1 fully saturated rings. The standard InChI is InChI=1S/C18H27NO/c1-13-9-14(2)11-16(10-13)19-12-18-17-6-4-3-5-15(17)7-8-20-18/h3-6,13-14,16,18-19H,7-12H2,1-2H3. The summed E-state index contributed by atoms with van der Waals surface area (Å²) in [5, 5.41) is 3.77. The Hall–Kier alpha value is -0.860. The lowest BCUT2D eigenvalue weighted by molar-refractivity contribution is 0.0383. The Labute approximate surface area is 122 Å². The third-order valence-corrected chi connectivity index (χ3v) is 4.86. The molecule has 1 aliphatic heterocycles. The molecule has 3 rings (SSSR count). The summed E-state index contributed by atoms with van der Waals surface area (Å²) in [4.78, 5) is 0. The molecule has 20 heavy (non-hydrogen) atoms. The van der Waals surface area contributed by atoms with Gasteiger partial charge < -0.3 is 10.1 Å². The molecule has 1 heterocycles. The molecule has 0 bridgehead atoms. The molecule has 3 unspecified atom stereocenters. The van der Waals surface area contributed by atoms with E-state index in [4.69, 9.17) is 4.74 Å². The van der Waals surface area contributed by atoms with Crippen molar-refractivity contribution >= 4 is 0 Å². The number of rotatable bonds is 3. The van der Waals surface area contributed by atoms with Crippen LogP contribution in [0.3, 0.4) is 0 Å². The van der Waals surface area contributed by atoms with Gasteiger partial charge in [0.1, 0.15) is 0 Å². The predicted molar refractivity (Wildman–Crippen MR) is 82.8 cm³/mol. The molecule has 0 amide bonds. The first-order valence-electron chi connectivity index (χ1n) is 8.15. The maximum atomic E-state index is 5.99. The summed E-state index contributed by atoms with van der Waals surface area (Å²) < 4.78 is 5.99. The van der Waals surface area contributed by atoms with E-state index >= 15 is 0 Å². The second-order valence-electron chi connectivity index (χ2n) is 6.83. The van der Waals surface area contributed by atoms with E-state index in [2.05, 4.69) is 43.4 Å². The van der Waals surface area contributed by atoms with Crippen LogP contribution in [0, 0.1) is 11.8 Å². The first-order chi connectivity index (χ1) is 9.72. The SMILES string of the molecule is CC1CC(C)CC(NCC2OCCc3ccccc32)C1. The van der Waals surface area contributed by atoms with E-state index in [1.165, 1.54) is 30.4 Å². The number of fused-ring (bicyclic) bond motifs is 1. The highest BCUT2D eigenvalue weighted by Gasteiger charge is 2.26. The van der Waals surface area contributed by atoms with Crippen LogP contribution in [0.2, 0.25) is 0 Å². The Morgan fingerprint density at radius 2 is 1.85 bits per heavy atom. The summed E-state index contributed by atoms with van der Waals surface area (Å²) in [7, 11) is 0. The van der Waals surface area contributed by atoms with Crippen LogP contribution in [0.4, 0.5) is 0 Å². The van der Waals surface area contributed by atoms with Gasteiger partial charge in [-0.15, -0.1) is 0 Å². The third-order valence-electron chi connectivity index (χ3n) is 4.86. The zero-order chi connectivity index (χ0) is 13.9. The second kappa shape index (κ2) is 6.28. The van der Waals surface area contributed by atoms with E-state index < -0.39 is 0 Å². The topological polar surface area (TPSA) is 21.3 Å². The minimum Gasteiger partial charge on any atom is -0.372 e. The summed E-state index contributed by atoms with van der Waals surface area (Å²) in [5.41, 5.74) is 2.86. The molecule has 2 heteroatoms. The van der Waals surface area contributed by atoms with E-state index in [0.717, 1.165) is 31.4 Å². The Morgan fingerprint density at radius 3 is 2.65 bits per heavy atom. The fraction of sp³-hybridized carbons (Fsp3) is 0.667. The largest absolute Gasteiger partial charge is 0.372 e. The molecule has 0 radical (unpaired) electrons. The molecular formula is C18H27NO. The van der Waals surface area contributed by atoms with Gasteiger partial charge in [0.25, 0.3) is 0 Å². The molecule has 0 spiro atoms. The average Bonchev–Trinajstić information content (AvgIpc) is 2.44. The summed E-state index contributed by atoms with van der Waals surface area (Å²) in [6.07, 6.45) is 5.33. The summed E-state index contributed by atoms with van der Waals surface area (Å²) >= 11 is 0. The van der Waals surface area contributed by atoms with Gasteiger partial charge in [-0.05, 0) is 48.6 Å². The highest BCUT2D eigenvalue weighted by molar-refractivity contribution is 5.31. The lowest BCUT2D eigenvalue weighted by atomic mass is 9.80. The van der Waals surface area contributed by atoms with Crippen molar-refractivity contribution in [3.63, 3.8) is 0 Å². The third kappa shape index (κ3) is 3.24. The monoisotopic (exact) mass is 273 g/mol. The fourth-order valence-electron chi connectivity index (χ4n) is 4.03. The number of nitrogens with one attached hydrogen (secondary N) is 1. The molecule has 1 N–H and O–H groups in total. The summed E-state index contributed by atoms with van der Waals surface area (Å²) in [6.45, 7) is 6.59. The van der Waals surface area contributed by atoms with Gasteiger partial charge >= 0.3 is 0 Å². The number of hydrogen-bond acceptors (Lipinski definition) is 2. The molecule has 0 saturated heterocycles. The first kappa shape index (κ1) is 14.1. The van der Waals surface area contributed by atoms with Crippen molar-refractivity contribution in [1.29, 1.82) is 0 Å². The van der Waals surface area contributed by atoms with E-state index in [1.807, 2.05) is 0 Å². The summed E-state index contributed by atoms with van der Waals surface area (Å²) in [6, 6.07) is 9.42. The Morgan fingerprint density at radius 1 is 1.10 bits per heavy atom. The van der Waals surface area contributed by atoms with Crippen molar-refractivity contribution in [1.82, 2.24) is 5.32 Å². The van der Waals surface area contributed by atoms with Gasteiger partial charge in [0.2, 0.25) is 0 Å². The van der Waals surface area contributed by atoms with E-state index in [1.54, 1.807) is 0 Å². The number of ether oxygens (including phenoxy) is 1. The first-order valence-corrected chi connectivity index (χ1v) is 8.15. The molecule has 0 aromatic heterocycles. The van der Waals surface area contributed by atoms with Gasteiger partial charge in [-0.25, -0.2) is 0 Å². The maximum Gasteiger partial charge on any atom is 0.0952 e. The lowest BCUT2D eigenvalue weighted by Crippen LogP contribution is -2.39. The van der Waals surface area contributed by atoms with Crippen molar-refractivity contribution in [2.45, 2.75) is 51.7 Å². The summed E-state index contributed by atoms with van der Waals surface area (Å²) in [5.74, 6) is 1.71. The van der Waals surface area contributed by atoms with Gasteiger partial charge in [-0.3, -0.25) is 0 Å². The van der Waals surface area contributed by atoms with Crippen LogP contribution in [-0.2, 0) is 11.2 Å². The zero-order valence-corrected chi connectivity index (χ0v) is 12.8. The molecule has 1 aromatic rings. The molecule has 1 aromatic carbocycles. The van der Waals surface area contributed by atoms with Crippen molar-refractivity contribution < 1.29 is 4.74 Å². The van der Waals surface area contributed by atoms with Crippen LogP contribution < -0.4 is 5.32 Å². The van der Waals surface area contributed by atoms with Crippen LogP contribution in [0.15, 0.2) is 24.3 Å². The van der Waals surface area contributed by atoms with Crippen LogP contribution in [0.1, 0.15) is 50.3 Å². The molecule has 110 valence electrons. The smallest absolute Gasteiger partial charge is 0.0952 e. The minimum absolute atomic E-state index is 0.243. The highest BCUT2D eigenvalue weighted by atomic mass is 16.5. The van der Waals surface area contributed by atoms with Crippen LogP contribution in [-0.4, -0.2) is 19.2 Å². The number of hydrogen-bond donors (Lipinski definition) is 1. The minimum atomic E-state index is 0.243. The predicted octanol–water partition coefficient (Wildman–Crippen LogP) is 3.71. The van der Waals surface area contributed by atoms with Gasteiger partial charge in [-0.1, -0.05) is 38.1 Å². The average molecular weight is 273 g/mol. The Bertz CT molecular complexity index is 435. The van der Waals surface area contributed by atoms with Crippen LogP contribution in [0.25, 0.3) is 0 Å². The molecule has 1 saturated carbocycles. The van der Waals surface area contributed by atoms with E-state index in [9.17, 15) is 0 Å². The molecule has 2 nitrogen and oxygen atoms in total. The zero-order valence-electron chi connectivity index (χ0n) is 12.8. The van der Waals surface area contributed by atoms with E-state index in [-0.39, 0.29) is 6.10 Å². The van der Waals surface area contributed by atoms with E-state index in [0.29, 0.717) is 6.04 Å². The van der Waals surface area contributed by atoms with Crippen molar-refractivity contribution in [3.8, 4) is 0 Å². The van der Waals surface area contributed by atoms with Gasteiger partial charge in [-0.2, -0.15) is 0 Å². The number of benzene rings is 1. The maximum absolute atomic E-state index is 5.99. The molecular weight excluding hydrogens is 246 g/mol.